The smallest absolute Gasteiger partial charge is 0.409 e. The van der Waals surface area contributed by atoms with Gasteiger partial charge in [0.05, 0.1) is 6.61 Å². The summed E-state index contributed by atoms with van der Waals surface area (Å²) in [6.45, 7) is 7.75. The van der Waals surface area contributed by atoms with Crippen molar-refractivity contribution in [1.29, 1.82) is 0 Å². The number of piperidine rings is 2. The highest BCUT2D eigenvalue weighted by molar-refractivity contribution is 5.74. The van der Waals surface area contributed by atoms with Crippen LogP contribution in [0.4, 0.5) is 4.79 Å². The molecule has 3 fully saturated rings. The van der Waals surface area contributed by atoms with Crippen molar-refractivity contribution in [3.63, 3.8) is 0 Å². The second-order valence-corrected chi connectivity index (χ2v) is 7.34. The molecule has 0 aromatic heterocycles. The van der Waals surface area contributed by atoms with Gasteiger partial charge >= 0.3 is 6.09 Å². The molecule has 6 nitrogen and oxygen atoms in total. The highest BCUT2D eigenvalue weighted by Gasteiger charge is 2.38. The quantitative estimate of drug-likeness (QED) is 0.788. The highest BCUT2D eigenvalue weighted by atomic mass is 16.6. The van der Waals surface area contributed by atoms with Crippen molar-refractivity contribution in [3.8, 4) is 0 Å². The van der Waals surface area contributed by atoms with Crippen LogP contribution in [0.15, 0.2) is 0 Å². The summed E-state index contributed by atoms with van der Waals surface area (Å²) in [4.78, 5) is 30.3. The lowest BCUT2D eigenvalue weighted by atomic mass is 9.97. The molecule has 0 spiro atoms. The Morgan fingerprint density at radius 1 is 0.958 bits per heavy atom. The number of amides is 2. The van der Waals surface area contributed by atoms with Gasteiger partial charge in [-0.1, -0.05) is 0 Å². The molecule has 1 aliphatic carbocycles. The Morgan fingerprint density at radius 2 is 1.54 bits per heavy atom. The third-order valence-corrected chi connectivity index (χ3v) is 5.70. The maximum Gasteiger partial charge on any atom is 0.409 e. The van der Waals surface area contributed by atoms with Crippen LogP contribution in [0.5, 0.6) is 0 Å². The minimum Gasteiger partial charge on any atom is -0.450 e. The predicted octanol–water partition coefficient (Wildman–Crippen LogP) is 2.08. The van der Waals surface area contributed by atoms with E-state index in [2.05, 4.69) is 9.80 Å². The lowest BCUT2D eigenvalue weighted by Crippen LogP contribution is -2.52. The number of hydrogen-bond donors (Lipinski definition) is 0. The van der Waals surface area contributed by atoms with E-state index in [9.17, 15) is 9.59 Å². The second-order valence-electron chi connectivity index (χ2n) is 7.34. The lowest BCUT2D eigenvalue weighted by Gasteiger charge is -2.43. The highest BCUT2D eigenvalue weighted by Crippen LogP contribution is 2.32. The molecule has 0 unspecified atom stereocenters. The monoisotopic (exact) mass is 337 g/mol. The van der Waals surface area contributed by atoms with Crippen LogP contribution >= 0.6 is 0 Å². The van der Waals surface area contributed by atoms with Crippen molar-refractivity contribution >= 4 is 12.0 Å². The van der Waals surface area contributed by atoms with Gasteiger partial charge in [0.2, 0.25) is 5.91 Å². The van der Waals surface area contributed by atoms with Gasteiger partial charge in [0.1, 0.15) is 0 Å². The van der Waals surface area contributed by atoms with E-state index in [1.54, 1.807) is 6.92 Å². The molecule has 2 saturated heterocycles. The van der Waals surface area contributed by atoms with E-state index in [0.29, 0.717) is 24.7 Å². The van der Waals surface area contributed by atoms with Crippen LogP contribution < -0.4 is 0 Å². The van der Waals surface area contributed by atoms with E-state index in [-0.39, 0.29) is 12.0 Å². The van der Waals surface area contributed by atoms with Crippen molar-refractivity contribution in [2.45, 2.75) is 70.5 Å². The molecule has 6 heteroatoms. The largest absolute Gasteiger partial charge is 0.450 e. The van der Waals surface area contributed by atoms with Crippen LogP contribution in [0.1, 0.15) is 52.4 Å². The molecule has 2 amide bonds. The molecule has 0 bridgehead atoms. The number of carbonyl (C=O) groups excluding carboxylic acids is 2. The van der Waals surface area contributed by atoms with Crippen LogP contribution in [-0.4, -0.2) is 77.6 Å². The molecule has 2 heterocycles. The normalized spacial score (nSPS) is 24.0. The number of carbonyl (C=O) groups is 2. The number of ether oxygens (including phenoxy) is 1. The maximum absolute atomic E-state index is 11.9. The van der Waals surface area contributed by atoms with Gasteiger partial charge in [0, 0.05) is 51.2 Å². The van der Waals surface area contributed by atoms with Gasteiger partial charge in [-0.15, -0.1) is 0 Å². The van der Waals surface area contributed by atoms with E-state index in [1.807, 2.05) is 11.8 Å². The zero-order chi connectivity index (χ0) is 17.1. The SMILES string of the molecule is CCOC(=O)N1CCC(N2CCC(N(C(C)=O)C3CC3)CC2)CC1. The molecule has 2 aliphatic heterocycles. The first-order valence-electron chi connectivity index (χ1n) is 9.54. The molecule has 3 aliphatic rings. The molecular formula is C18H31N3O3. The van der Waals surface area contributed by atoms with Gasteiger partial charge in [0.25, 0.3) is 0 Å². The van der Waals surface area contributed by atoms with Gasteiger partial charge in [-0.2, -0.15) is 0 Å². The van der Waals surface area contributed by atoms with Crippen LogP contribution in [0, 0.1) is 0 Å². The van der Waals surface area contributed by atoms with Gasteiger partial charge < -0.3 is 19.4 Å². The summed E-state index contributed by atoms with van der Waals surface area (Å²) in [5.41, 5.74) is 0. The Kier molecular flexibility index (Phi) is 5.64. The molecule has 0 radical (unpaired) electrons. The minimum absolute atomic E-state index is 0.170. The van der Waals surface area contributed by atoms with Crippen molar-refractivity contribution < 1.29 is 14.3 Å². The van der Waals surface area contributed by atoms with Crippen LogP contribution in [-0.2, 0) is 9.53 Å². The fourth-order valence-corrected chi connectivity index (χ4v) is 4.32. The van der Waals surface area contributed by atoms with Gasteiger partial charge in [-0.05, 0) is 45.4 Å². The van der Waals surface area contributed by atoms with E-state index in [0.717, 1.165) is 51.9 Å². The molecule has 24 heavy (non-hydrogen) atoms. The van der Waals surface area contributed by atoms with Crippen LogP contribution in [0.25, 0.3) is 0 Å². The Balaban J connectivity index is 1.44. The summed E-state index contributed by atoms with van der Waals surface area (Å²) >= 11 is 0. The Labute approximate surface area is 145 Å². The van der Waals surface area contributed by atoms with Gasteiger partial charge in [0.15, 0.2) is 0 Å². The average molecular weight is 337 g/mol. The van der Waals surface area contributed by atoms with Crippen molar-refractivity contribution in [1.82, 2.24) is 14.7 Å². The summed E-state index contributed by atoms with van der Waals surface area (Å²) in [6, 6.07) is 1.53. The molecule has 0 N–H and O–H groups in total. The topological polar surface area (TPSA) is 53.1 Å². The zero-order valence-corrected chi connectivity index (χ0v) is 15.1. The first-order chi connectivity index (χ1) is 11.6. The van der Waals surface area contributed by atoms with Gasteiger partial charge in [-0.25, -0.2) is 4.79 Å². The first-order valence-corrected chi connectivity index (χ1v) is 9.54. The lowest BCUT2D eigenvalue weighted by molar-refractivity contribution is -0.133. The standard InChI is InChI=1S/C18H31N3O3/c1-3-24-18(23)20-12-6-15(7-13-20)19-10-8-17(9-11-19)21(14(2)22)16-4-5-16/h15-17H,3-13H2,1-2H3. The third-order valence-electron chi connectivity index (χ3n) is 5.70. The van der Waals surface area contributed by atoms with Crippen LogP contribution in [0.2, 0.25) is 0 Å². The minimum atomic E-state index is -0.170. The Bertz CT molecular complexity index is 450. The van der Waals surface area contributed by atoms with E-state index >= 15 is 0 Å². The molecule has 3 rings (SSSR count). The third kappa shape index (κ3) is 4.02. The molecule has 0 aromatic carbocycles. The molecular weight excluding hydrogens is 306 g/mol. The average Bonchev–Trinajstić information content (AvgIpc) is 3.41. The predicted molar refractivity (Wildman–Crippen MR) is 91.8 cm³/mol. The van der Waals surface area contributed by atoms with E-state index in [4.69, 9.17) is 4.74 Å². The first kappa shape index (κ1) is 17.5. The van der Waals surface area contributed by atoms with Crippen molar-refractivity contribution in [3.05, 3.63) is 0 Å². The van der Waals surface area contributed by atoms with E-state index < -0.39 is 0 Å². The fraction of sp³-hybridized carbons (Fsp3) is 0.889. The summed E-state index contributed by atoms with van der Waals surface area (Å²) in [7, 11) is 0. The van der Waals surface area contributed by atoms with Gasteiger partial charge in [-0.3, -0.25) is 4.79 Å². The van der Waals surface area contributed by atoms with E-state index in [1.165, 1.54) is 12.8 Å². The number of hydrogen-bond acceptors (Lipinski definition) is 4. The number of nitrogens with zero attached hydrogens (tertiary/aromatic N) is 3. The molecule has 0 atom stereocenters. The zero-order valence-electron chi connectivity index (χ0n) is 15.1. The van der Waals surface area contributed by atoms with Crippen LogP contribution in [0.3, 0.4) is 0 Å². The number of likely N-dealkylation sites (tertiary alicyclic amines) is 2. The summed E-state index contributed by atoms with van der Waals surface area (Å²) in [5, 5.41) is 0. The van der Waals surface area contributed by atoms with Crippen molar-refractivity contribution in [2.24, 2.45) is 0 Å². The summed E-state index contributed by atoms with van der Waals surface area (Å²) < 4.78 is 5.09. The molecule has 0 aromatic rings. The molecule has 136 valence electrons. The Hall–Kier alpha value is -1.30. The maximum atomic E-state index is 11.9. The molecule has 1 saturated carbocycles. The second kappa shape index (κ2) is 7.72. The summed E-state index contributed by atoms with van der Waals surface area (Å²) in [6.07, 6.45) is 6.45. The van der Waals surface area contributed by atoms with Crippen molar-refractivity contribution in [2.75, 3.05) is 32.8 Å². The Morgan fingerprint density at radius 3 is 2.04 bits per heavy atom. The fourth-order valence-electron chi connectivity index (χ4n) is 4.32. The summed E-state index contributed by atoms with van der Waals surface area (Å²) in [5.74, 6) is 0.249. The number of rotatable bonds is 4.